The number of nitrogens with one attached hydrogen (secondary N) is 2. The van der Waals surface area contributed by atoms with E-state index in [1.165, 1.54) is 55.6 Å². The highest BCUT2D eigenvalue weighted by Crippen LogP contribution is 2.31. The molecule has 2 aromatic rings. The molecule has 0 aliphatic carbocycles. The molecule has 28 heavy (non-hydrogen) atoms. The average molecular weight is 419 g/mol. The first-order valence-electron chi connectivity index (χ1n) is 7.67. The highest BCUT2D eigenvalue weighted by Gasteiger charge is 2.34. The van der Waals surface area contributed by atoms with Crippen molar-refractivity contribution in [3.63, 3.8) is 0 Å². The molecular weight excluding hydrogens is 406 g/mol. The summed E-state index contributed by atoms with van der Waals surface area (Å²) in [6, 6.07) is 12.5. The molecule has 0 saturated heterocycles. The molecule has 1 amide bonds. The Hall–Kier alpha value is -3.36. The van der Waals surface area contributed by atoms with Gasteiger partial charge in [0.25, 0.3) is 26.0 Å². The van der Waals surface area contributed by atoms with Crippen molar-refractivity contribution >= 4 is 31.7 Å². The van der Waals surface area contributed by atoms with Crippen molar-refractivity contribution in [1.29, 1.82) is 5.26 Å². The zero-order valence-electron chi connectivity index (χ0n) is 14.3. The molecule has 1 aliphatic rings. The lowest BCUT2D eigenvalue weighted by molar-refractivity contribution is -0.115. The fraction of sp³-hybridized carbons (Fsp3) is 0.0588. The van der Waals surface area contributed by atoms with E-state index in [0.29, 0.717) is 5.75 Å². The third kappa shape index (κ3) is 3.42. The minimum atomic E-state index is -4.29. The summed E-state index contributed by atoms with van der Waals surface area (Å²) in [5.41, 5.74) is -0.845. The van der Waals surface area contributed by atoms with Crippen LogP contribution in [0.5, 0.6) is 5.75 Å². The van der Waals surface area contributed by atoms with Crippen LogP contribution in [0.3, 0.4) is 0 Å². The minimum absolute atomic E-state index is 0.107. The molecule has 1 heterocycles. The van der Waals surface area contributed by atoms with Gasteiger partial charge in [-0.05, 0) is 30.3 Å². The normalized spacial score (nSPS) is 16.3. The van der Waals surface area contributed by atoms with Gasteiger partial charge in [-0.25, -0.2) is 21.6 Å². The van der Waals surface area contributed by atoms with E-state index in [1.54, 1.807) is 10.8 Å². The largest absolute Gasteiger partial charge is 0.497 e. The summed E-state index contributed by atoms with van der Waals surface area (Å²) in [4.78, 5) is 12.1. The number of nitriles is 1. The fourth-order valence-corrected chi connectivity index (χ4v) is 4.81. The van der Waals surface area contributed by atoms with E-state index in [1.807, 2.05) is 0 Å². The Labute approximate surface area is 161 Å². The molecule has 9 nitrogen and oxygen atoms in total. The number of ether oxygens (including phenoxy) is 1. The summed E-state index contributed by atoms with van der Waals surface area (Å²) >= 11 is 0. The molecule has 2 N–H and O–H groups in total. The number of fused-ring (bicyclic) bond motifs is 1. The van der Waals surface area contributed by atoms with Crippen LogP contribution in [0.4, 0.5) is 0 Å². The van der Waals surface area contributed by atoms with Gasteiger partial charge in [0.1, 0.15) is 17.4 Å². The molecule has 3 rings (SSSR count). The topological polar surface area (TPSA) is 142 Å². The standard InChI is InChI=1S/C17H13N3O6S2/c1-26-11-6-8-12(9-7-11)27(22,23)20-17(21)14(10-18)16-13-4-2-3-5-15(13)28(24,25)19-16/h2-9,19H,1H3,(H,20,21). The molecule has 0 aromatic heterocycles. The predicted molar refractivity (Wildman–Crippen MR) is 97.6 cm³/mol. The van der Waals surface area contributed by atoms with Crippen LogP contribution in [-0.4, -0.2) is 29.9 Å². The molecule has 11 heteroatoms. The predicted octanol–water partition coefficient (Wildman–Crippen LogP) is 0.727. The average Bonchev–Trinajstić information content (AvgIpc) is 2.93. The number of nitrogens with zero attached hydrogens (tertiary/aromatic N) is 1. The minimum Gasteiger partial charge on any atom is -0.497 e. The van der Waals surface area contributed by atoms with Gasteiger partial charge in [0, 0.05) is 5.56 Å². The molecule has 0 saturated carbocycles. The van der Waals surface area contributed by atoms with E-state index < -0.39 is 31.5 Å². The highest BCUT2D eigenvalue weighted by atomic mass is 32.2. The Morgan fingerprint density at radius 2 is 1.79 bits per heavy atom. The summed E-state index contributed by atoms with van der Waals surface area (Å²) in [5.74, 6) is -0.838. The molecule has 0 unspecified atom stereocenters. The van der Waals surface area contributed by atoms with Crippen LogP contribution in [0.25, 0.3) is 5.70 Å². The van der Waals surface area contributed by atoms with Crippen molar-refractivity contribution in [1.82, 2.24) is 9.44 Å². The van der Waals surface area contributed by atoms with Gasteiger partial charge in [-0.15, -0.1) is 0 Å². The van der Waals surface area contributed by atoms with Gasteiger partial charge in [-0.2, -0.15) is 5.26 Å². The number of carbonyl (C=O) groups excluding carboxylic acids is 1. The zero-order chi connectivity index (χ0) is 20.5. The summed E-state index contributed by atoms with van der Waals surface area (Å²) in [5, 5.41) is 9.37. The Kier molecular flexibility index (Phi) is 4.84. The summed E-state index contributed by atoms with van der Waals surface area (Å²) in [6.07, 6.45) is 0. The van der Waals surface area contributed by atoms with E-state index in [0.717, 1.165) is 0 Å². The quantitative estimate of drug-likeness (QED) is 0.549. The summed E-state index contributed by atoms with van der Waals surface area (Å²) in [7, 11) is -6.83. The molecule has 0 fully saturated rings. The number of sulfonamides is 2. The maximum absolute atomic E-state index is 12.5. The Balaban J connectivity index is 1.99. The fourth-order valence-electron chi connectivity index (χ4n) is 2.54. The second-order valence-corrected chi connectivity index (χ2v) is 8.91. The van der Waals surface area contributed by atoms with E-state index in [2.05, 4.69) is 4.72 Å². The lowest BCUT2D eigenvalue weighted by Crippen LogP contribution is -2.32. The van der Waals surface area contributed by atoms with Crippen LogP contribution >= 0.6 is 0 Å². The van der Waals surface area contributed by atoms with Gasteiger partial charge in [0.15, 0.2) is 0 Å². The van der Waals surface area contributed by atoms with E-state index in [4.69, 9.17) is 4.74 Å². The number of benzene rings is 2. The van der Waals surface area contributed by atoms with Crippen LogP contribution in [-0.2, 0) is 24.8 Å². The Morgan fingerprint density at radius 1 is 1.14 bits per heavy atom. The monoisotopic (exact) mass is 419 g/mol. The number of rotatable bonds is 4. The Bertz CT molecular complexity index is 1240. The maximum atomic E-state index is 12.5. The zero-order valence-corrected chi connectivity index (χ0v) is 16.0. The first kappa shape index (κ1) is 19.4. The Morgan fingerprint density at radius 3 is 2.39 bits per heavy atom. The third-order valence-electron chi connectivity index (χ3n) is 3.87. The molecule has 144 valence electrons. The SMILES string of the molecule is COc1ccc(S(=O)(=O)NC(=O)C(C#N)=C2NS(=O)(=O)c3ccccc32)cc1. The molecule has 0 spiro atoms. The number of hydrogen-bond donors (Lipinski definition) is 2. The van der Waals surface area contributed by atoms with Gasteiger partial charge in [0.2, 0.25) is 0 Å². The van der Waals surface area contributed by atoms with E-state index in [9.17, 15) is 26.9 Å². The van der Waals surface area contributed by atoms with Gasteiger partial charge < -0.3 is 4.74 Å². The van der Waals surface area contributed by atoms with Crippen molar-refractivity contribution in [3.8, 4) is 11.8 Å². The number of methoxy groups -OCH3 is 1. The van der Waals surface area contributed by atoms with Crippen LogP contribution in [0, 0.1) is 11.3 Å². The van der Waals surface area contributed by atoms with Gasteiger partial charge in [0.05, 0.1) is 22.6 Å². The van der Waals surface area contributed by atoms with Gasteiger partial charge >= 0.3 is 0 Å². The van der Waals surface area contributed by atoms with Gasteiger partial charge in [-0.1, -0.05) is 18.2 Å². The first-order valence-corrected chi connectivity index (χ1v) is 10.6. The molecule has 0 radical (unpaired) electrons. The smallest absolute Gasteiger partial charge is 0.277 e. The second-order valence-electron chi connectivity index (χ2n) is 5.57. The van der Waals surface area contributed by atoms with Crippen molar-refractivity contribution in [2.24, 2.45) is 0 Å². The van der Waals surface area contributed by atoms with Crippen molar-refractivity contribution in [3.05, 3.63) is 59.7 Å². The molecule has 1 aliphatic heterocycles. The van der Waals surface area contributed by atoms with Crippen molar-refractivity contribution in [2.75, 3.05) is 7.11 Å². The van der Waals surface area contributed by atoms with Crippen LogP contribution < -0.4 is 14.2 Å². The molecular formula is C17H13N3O6S2. The van der Waals surface area contributed by atoms with Crippen LogP contribution in [0.2, 0.25) is 0 Å². The van der Waals surface area contributed by atoms with Crippen LogP contribution in [0.1, 0.15) is 5.56 Å². The van der Waals surface area contributed by atoms with Gasteiger partial charge in [-0.3, -0.25) is 9.52 Å². The molecule has 0 bridgehead atoms. The number of amides is 1. The number of carbonyl (C=O) groups is 1. The van der Waals surface area contributed by atoms with E-state index in [-0.39, 0.29) is 21.1 Å². The second kappa shape index (κ2) is 6.99. The van der Waals surface area contributed by atoms with Crippen LogP contribution in [0.15, 0.2) is 63.9 Å². The lowest BCUT2D eigenvalue weighted by atomic mass is 10.1. The van der Waals surface area contributed by atoms with Crippen molar-refractivity contribution < 1.29 is 26.4 Å². The number of hydrogen-bond acceptors (Lipinski definition) is 7. The molecule has 0 atom stereocenters. The van der Waals surface area contributed by atoms with E-state index >= 15 is 0 Å². The highest BCUT2D eigenvalue weighted by molar-refractivity contribution is 7.90. The molecule has 2 aromatic carbocycles. The summed E-state index contributed by atoms with van der Waals surface area (Å²) < 4.78 is 58.0. The summed E-state index contributed by atoms with van der Waals surface area (Å²) in [6.45, 7) is 0. The lowest BCUT2D eigenvalue weighted by Gasteiger charge is -2.09. The maximum Gasteiger partial charge on any atom is 0.277 e. The third-order valence-corrected chi connectivity index (χ3v) is 6.62. The first-order chi connectivity index (χ1) is 13.2. The van der Waals surface area contributed by atoms with Crippen molar-refractivity contribution in [2.45, 2.75) is 9.79 Å².